The summed E-state index contributed by atoms with van der Waals surface area (Å²) in [7, 11) is 0. The maximum absolute atomic E-state index is 12.8. The maximum Gasteiger partial charge on any atom is 0.322 e. The lowest BCUT2D eigenvalue weighted by molar-refractivity contribution is -0.119. The molecule has 1 heterocycles. The van der Waals surface area contributed by atoms with E-state index in [1.807, 2.05) is 13.0 Å². The Kier molecular flexibility index (Phi) is 6.38. The normalized spacial score (nSPS) is 18.6. The monoisotopic (exact) mass is 403 g/mol. The molecule has 2 aromatic rings. The number of anilines is 2. The number of aliphatic hydroxyl groups excluding tert-OH is 1. The van der Waals surface area contributed by atoms with Crippen molar-refractivity contribution < 1.29 is 19.4 Å². The summed E-state index contributed by atoms with van der Waals surface area (Å²) in [5, 5.41) is 16.1. The number of aliphatic hydroxyl groups is 1. The van der Waals surface area contributed by atoms with Crippen LogP contribution in [0.2, 0.25) is 5.02 Å². The van der Waals surface area contributed by atoms with Gasteiger partial charge in [-0.3, -0.25) is 4.79 Å². The van der Waals surface area contributed by atoms with Crippen molar-refractivity contribution >= 4 is 34.9 Å². The summed E-state index contributed by atoms with van der Waals surface area (Å²) in [6.45, 7) is 2.39. The van der Waals surface area contributed by atoms with Crippen LogP contribution in [0.4, 0.5) is 16.2 Å². The average Bonchev–Trinajstić information content (AvgIpc) is 3.07. The molecule has 0 radical (unpaired) electrons. The molecule has 28 heavy (non-hydrogen) atoms. The number of urea groups is 1. The van der Waals surface area contributed by atoms with Gasteiger partial charge in [0.05, 0.1) is 18.4 Å². The molecular formula is C20H22ClN3O4. The predicted molar refractivity (Wildman–Crippen MR) is 108 cm³/mol. The largest absolute Gasteiger partial charge is 0.492 e. The lowest BCUT2D eigenvalue weighted by atomic mass is 10.1. The van der Waals surface area contributed by atoms with Gasteiger partial charge in [-0.25, -0.2) is 4.79 Å². The van der Waals surface area contributed by atoms with E-state index < -0.39 is 18.2 Å². The van der Waals surface area contributed by atoms with Crippen LogP contribution in [0, 0.1) is 0 Å². The van der Waals surface area contributed by atoms with Gasteiger partial charge in [-0.1, -0.05) is 23.7 Å². The summed E-state index contributed by atoms with van der Waals surface area (Å²) < 4.78 is 5.52. The molecule has 148 valence electrons. The summed E-state index contributed by atoms with van der Waals surface area (Å²) in [6.07, 6.45) is -0.606. The molecule has 0 aromatic heterocycles. The number of hydrogen-bond donors (Lipinski definition) is 3. The highest BCUT2D eigenvalue weighted by atomic mass is 35.5. The quantitative estimate of drug-likeness (QED) is 0.714. The molecule has 2 atom stereocenters. The van der Waals surface area contributed by atoms with Crippen molar-refractivity contribution in [3.8, 4) is 5.75 Å². The van der Waals surface area contributed by atoms with Crippen LogP contribution in [-0.4, -0.2) is 47.2 Å². The molecular weight excluding hydrogens is 382 g/mol. The second-order valence-corrected chi connectivity index (χ2v) is 6.85. The zero-order valence-corrected chi connectivity index (χ0v) is 16.1. The molecule has 1 aliphatic heterocycles. The second kappa shape index (κ2) is 8.95. The molecule has 1 fully saturated rings. The van der Waals surface area contributed by atoms with Gasteiger partial charge in [0.2, 0.25) is 5.91 Å². The van der Waals surface area contributed by atoms with E-state index in [9.17, 15) is 14.7 Å². The molecule has 0 spiro atoms. The molecule has 1 aliphatic rings. The Bertz CT molecular complexity index is 844. The van der Waals surface area contributed by atoms with Crippen LogP contribution in [-0.2, 0) is 4.79 Å². The number of amides is 3. The number of β-amino-alcohol motifs (C(OH)–C–C–N with tert-alkyl or cyclic N) is 1. The number of nitrogens with one attached hydrogen (secondary N) is 2. The molecule has 2 aromatic carbocycles. The molecule has 0 unspecified atom stereocenters. The fourth-order valence-electron chi connectivity index (χ4n) is 3.08. The summed E-state index contributed by atoms with van der Waals surface area (Å²) in [4.78, 5) is 26.8. The number of ether oxygens (including phenoxy) is 1. The molecule has 3 rings (SSSR count). The van der Waals surface area contributed by atoms with Crippen molar-refractivity contribution in [1.82, 2.24) is 4.90 Å². The summed E-state index contributed by atoms with van der Waals surface area (Å²) in [5.74, 6) is 0.170. The number of halogens is 1. The number of carbonyl (C=O) groups is 2. The van der Waals surface area contributed by atoms with E-state index in [4.69, 9.17) is 16.3 Å². The third kappa shape index (κ3) is 4.74. The van der Waals surface area contributed by atoms with Crippen molar-refractivity contribution in [3.05, 3.63) is 53.6 Å². The Morgan fingerprint density at radius 3 is 2.61 bits per heavy atom. The Balaban J connectivity index is 1.71. The van der Waals surface area contributed by atoms with E-state index in [0.29, 0.717) is 28.8 Å². The molecule has 0 aliphatic carbocycles. The van der Waals surface area contributed by atoms with E-state index in [0.717, 1.165) is 0 Å². The first-order valence-corrected chi connectivity index (χ1v) is 9.39. The first-order chi connectivity index (χ1) is 13.5. The minimum Gasteiger partial charge on any atom is -0.492 e. The highest BCUT2D eigenvalue weighted by Crippen LogP contribution is 2.26. The number of benzene rings is 2. The van der Waals surface area contributed by atoms with Gasteiger partial charge in [0.25, 0.3) is 0 Å². The first kappa shape index (κ1) is 20.0. The average molecular weight is 404 g/mol. The van der Waals surface area contributed by atoms with Crippen molar-refractivity contribution in [2.45, 2.75) is 25.5 Å². The number of rotatable bonds is 5. The van der Waals surface area contributed by atoms with Crippen molar-refractivity contribution in [2.75, 3.05) is 23.8 Å². The number of carbonyl (C=O) groups excluding carboxylic acids is 2. The van der Waals surface area contributed by atoms with Gasteiger partial charge in [0, 0.05) is 23.7 Å². The summed E-state index contributed by atoms with van der Waals surface area (Å²) >= 11 is 5.85. The van der Waals surface area contributed by atoms with Gasteiger partial charge in [0.1, 0.15) is 11.8 Å². The minimum absolute atomic E-state index is 0.0740. The van der Waals surface area contributed by atoms with Crippen LogP contribution < -0.4 is 15.4 Å². The number of para-hydroxylation sites is 2. The Morgan fingerprint density at radius 2 is 1.89 bits per heavy atom. The first-order valence-electron chi connectivity index (χ1n) is 9.02. The van der Waals surface area contributed by atoms with Crippen LogP contribution in [0.1, 0.15) is 13.3 Å². The molecule has 1 saturated heterocycles. The number of likely N-dealkylation sites (tertiary alicyclic amines) is 1. The highest BCUT2D eigenvalue weighted by molar-refractivity contribution is 6.30. The predicted octanol–water partition coefficient (Wildman–Crippen LogP) is 3.34. The lowest BCUT2D eigenvalue weighted by Gasteiger charge is -2.24. The molecule has 3 N–H and O–H groups in total. The fraction of sp³-hybridized carbons (Fsp3) is 0.300. The number of hydrogen-bond acceptors (Lipinski definition) is 4. The van der Waals surface area contributed by atoms with Gasteiger partial charge in [-0.05, 0) is 43.3 Å². The Hall–Kier alpha value is -2.77. The van der Waals surface area contributed by atoms with E-state index in [-0.39, 0.29) is 18.9 Å². The van der Waals surface area contributed by atoms with Crippen LogP contribution in [0.15, 0.2) is 48.5 Å². The molecule has 0 bridgehead atoms. The smallest absolute Gasteiger partial charge is 0.322 e. The van der Waals surface area contributed by atoms with Gasteiger partial charge in [-0.15, -0.1) is 0 Å². The van der Waals surface area contributed by atoms with E-state index >= 15 is 0 Å². The molecule has 3 amide bonds. The van der Waals surface area contributed by atoms with Crippen LogP contribution in [0.25, 0.3) is 0 Å². The van der Waals surface area contributed by atoms with E-state index in [1.165, 1.54) is 4.90 Å². The standard InChI is InChI=1S/C20H22ClN3O4/c1-2-28-18-6-4-3-5-16(18)23-19(26)17-11-15(25)12-24(17)20(27)22-14-9-7-13(21)8-10-14/h3-10,15,17,25H,2,11-12H2,1H3,(H,22,27)(H,23,26)/t15-,17-/m1/s1. The molecule has 7 nitrogen and oxygen atoms in total. The highest BCUT2D eigenvalue weighted by Gasteiger charge is 2.39. The summed E-state index contributed by atoms with van der Waals surface area (Å²) in [6, 6.07) is 12.5. The van der Waals surface area contributed by atoms with Crippen molar-refractivity contribution in [2.24, 2.45) is 0 Å². The van der Waals surface area contributed by atoms with Crippen LogP contribution in [0.5, 0.6) is 5.75 Å². The van der Waals surface area contributed by atoms with Gasteiger partial charge in [-0.2, -0.15) is 0 Å². The topological polar surface area (TPSA) is 90.9 Å². The van der Waals surface area contributed by atoms with Crippen LogP contribution >= 0.6 is 11.6 Å². The summed E-state index contributed by atoms with van der Waals surface area (Å²) in [5.41, 5.74) is 1.07. The van der Waals surface area contributed by atoms with Crippen molar-refractivity contribution in [3.63, 3.8) is 0 Å². The number of nitrogens with zero attached hydrogens (tertiary/aromatic N) is 1. The molecule has 0 saturated carbocycles. The SMILES string of the molecule is CCOc1ccccc1NC(=O)[C@H]1C[C@@H](O)CN1C(=O)Nc1ccc(Cl)cc1. The Morgan fingerprint density at radius 1 is 1.18 bits per heavy atom. The lowest BCUT2D eigenvalue weighted by Crippen LogP contribution is -2.45. The second-order valence-electron chi connectivity index (χ2n) is 6.41. The zero-order chi connectivity index (χ0) is 20.1. The van der Waals surface area contributed by atoms with Crippen LogP contribution in [0.3, 0.4) is 0 Å². The minimum atomic E-state index is -0.794. The van der Waals surface area contributed by atoms with E-state index in [1.54, 1.807) is 42.5 Å². The van der Waals surface area contributed by atoms with E-state index in [2.05, 4.69) is 10.6 Å². The third-order valence-corrected chi connectivity index (χ3v) is 4.63. The van der Waals surface area contributed by atoms with Gasteiger partial charge in [0.15, 0.2) is 0 Å². The van der Waals surface area contributed by atoms with Gasteiger partial charge < -0.3 is 25.4 Å². The zero-order valence-electron chi connectivity index (χ0n) is 15.4. The van der Waals surface area contributed by atoms with Crippen molar-refractivity contribution in [1.29, 1.82) is 0 Å². The third-order valence-electron chi connectivity index (χ3n) is 4.38. The molecule has 8 heteroatoms. The fourth-order valence-corrected chi connectivity index (χ4v) is 3.21. The Labute approximate surface area is 168 Å². The van der Waals surface area contributed by atoms with Gasteiger partial charge >= 0.3 is 6.03 Å². The maximum atomic E-state index is 12.8.